The van der Waals surface area contributed by atoms with E-state index in [1.165, 1.54) is 18.4 Å². The molecule has 2 heterocycles. The highest BCUT2D eigenvalue weighted by Crippen LogP contribution is 2.13. The van der Waals surface area contributed by atoms with Crippen molar-refractivity contribution in [2.75, 3.05) is 32.9 Å². The highest BCUT2D eigenvalue weighted by atomic mass is 16.5. The number of hydrogen-bond donors (Lipinski definition) is 1. The molecule has 3 heteroatoms. The lowest BCUT2D eigenvalue weighted by molar-refractivity contribution is 0.0241. The number of rotatable bonds is 4. The molecular formula is C11H19NO2. The first-order valence-electron chi connectivity index (χ1n) is 5.53. The van der Waals surface area contributed by atoms with Crippen LogP contribution in [0.15, 0.2) is 11.6 Å². The quantitative estimate of drug-likeness (QED) is 0.685. The van der Waals surface area contributed by atoms with Crippen molar-refractivity contribution in [2.24, 2.45) is 0 Å². The monoisotopic (exact) mass is 197 g/mol. The van der Waals surface area contributed by atoms with Crippen LogP contribution in [0.25, 0.3) is 0 Å². The van der Waals surface area contributed by atoms with Gasteiger partial charge >= 0.3 is 0 Å². The third-order valence-electron chi connectivity index (χ3n) is 2.77. The molecule has 0 spiro atoms. The van der Waals surface area contributed by atoms with Crippen molar-refractivity contribution in [2.45, 2.75) is 25.4 Å². The van der Waals surface area contributed by atoms with Crippen LogP contribution in [0, 0.1) is 0 Å². The van der Waals surface area contributed by atoms with E-state index in [1.54, 1.807) is 0 Å². The van der Waals surface area contributed by atoms with Gasteiger partial charge in [0.1, 0.15) is 0 Å². The average molecular weight is 197 g/mol. The Bertz CT molecular complexity index is 197. The van der Waals surface area contributed by atoms with Crippen molar-refractivity contribution in [3.05, 3.63) is 11.6 Å². The fraction of sp³-hybridized carbons (Fsp3) is 0.818. The minimum atomic E-state index is 0.359. The van der Waals surface area contributed by atoms with Crippen LogP contribution in [0.5, 0.6) is 0 Å². The van der Waals surface area contributed by atoms with Crippen LogP contribution in [0.3, 0.4) is 0 Å². The Labute approximate surface area is 85.5 Å². The van der Waals surface area contributed by atoms with E-state index < -0.39 is 0 Å². The third kappa shape index (κ3) is 3.08. The molecule has 1 fully saturated rings. The third-order valence-corrected chi connectivity index (χ3v) is 2.77. The smallest absolute Gasteiger partial charge is 0.0809 e. The molecule has 1 N–H and O–H groups in total. The van der Waals surface area contributed by atoms with Gasteiger partial charge in [0.25, 0.3) is 0 Å². The first kappa shape index (κ1) is 10.1. The summed E-state index contributed by atoms with van der Waals surface area (Å²) in [6.45, 7) is 4.57. The first-order chi connectivity index (χ1) is 6.95. The number of ether oxygens (including phenoxy) is 2. The standard InChI is InChI=1S/C11H19NO2/c1-2-11(14-7-1)9-13-8-10-3-5-12-6-4-10/h3,11-12H,1-2,4-9H2. The Morgan fingerprint density at radius 3 is 3.29 bits per heavy atom. The minimum Gasteiger partial charge on any atom is -0.376 e. The van der Waals surface area contributed by atoms with Crippen molar-refractivity contribution in [3.8, 4) is 0 Å². The molecule has 0 saturated carbocycles. The van der Waals surface area contributed by atoms with E-state index in [2.05, 4.69) is 11.4 Å². The molecule has 0 amide bonds. The van der Waals surface area contributed by atoms with Gasteiger partial charge in [-0.05, 0) is 31.4 Å². The summed E-state index contributed by atoms with van der Waals surface area (Å²) in [6, 6.07) is 0. The van der Waals surface area contributed by atoms with E-state index >= 15 is 0 Å². The minimum absolute atomic E-state index is 0.359. The zero-order valence-electron chi connectivity index (χ0n) is 8.63. The van der Waals surface area contributed by atoms with Crippen LogP contribution < -0.4 is 5.32 Å². The Morgan fingerprint density at radius 1 is 1.57 bits per heavy atom. The summed E-state index contributed by atoms with van der Waals surface area (Å²) in [5.41, 5.74) is 1.43. The molecule has 80 valence electrons. The van der Waals surface area contributed by atoms with Crippen molar-refractivity contribution < 1.29 is 9.47 Å². The van der Waals surface area contributed by atoms with E-state index in [-0.39, 0.29) is 0 Å². The maximum Gasteiger partial charge on any atom is 0.0809 e. The first-order valence-corrected chi connectivity index (χ1v) is 5.53. The molecule has 3 nitrogen and oxygen atoms in total. The summed E-state index contributed by atoms with van der Waals surface area (Å²) >= 11 is 0. The topological polar surface area (TPSA) is 30.5 Å². The van der Waals surface area contributed by atoms with Gasteiger partial charge in [-0.25, -0.2) is 0 Å². The van der Waals surface area contributed by atoms with Gasteiger partial charge in [0, 0.05) is 13.2 Å². The van der Waals surface area contributed by atoms with Crippen molar-refractivity contribution in [1.29, 1.82) is 0 Å². The summed E-state index contributed by atoms with van der Waals surface area (Å²) in [6.07, 6.45) is 6.09. The van der Waals surface area contributed by atoms with E-state index in [1.807, 2.05) is 0 Å². The van der Waals surface area contributed by atoms with E-state index in [0.29, 0.717) is 6.10 Å². The predicted molar refractivity (Wildman–Crippen MR) is 55.4 cm³/mol. The SMILES string of the molecule is C1=C(COCC2CCCO2)CCNC1. The molecule has 0 aromatic carbocycles. The van der Waals surface area contributed by atoms with Crippen molar-refractivity contribution in [3.63, 3.8) is 0 Å². The van der Waals surface area contributed by atoms with Gasteiger partial charge in [0.15, 0.2) is 0 Å². The molecule has 14 heavy (non-hydrogen) atoms. The molecule has 0 bridgehead atoms. The van der Waals surface area contributed by atoms with Crippen LogP contribution in [-0.2, 0) is 9.47 Å². The molecular weight excluding hydrogens is 178 g/mol. The van der Waals surface area contributed by atoms with Gasteiger partial charge in [-0.2, -0.15) is 0 Å². The number of nitrogens with one attached hydrogen (secondary N) is 1. The second-order valence-corrected chi connectivity index (χ2v) is 3.97. The second-order valence-electron chi connectivity index (χ2n) is 3.97. The van der Waals surface area contributed by atoms with Gasteiger partial charge < -0.3 is 14.8 Å². The van der Waals surface area contributed by atoms with Gasteiger partial charge in [-0.1, -0.05) is 6.08 Å². The second kappa shape index (κ2) is 5.49. The molecule has 1 unspecified atom stereocenters. The molecule has 0 radical (unpaired) electrons. The molecule has 1 saturated heterocycles. The highest BCUT2D eigenvalue weighted by molar-refractivity contribution is 5.06. The maximum atomic E-state index is 5.64. The predicted octanol–water partition coefficient (Wildman–Crippen LogP) is 1.10. The Hall–Kier alpha value is -0.380. The summed E-state index contributed by atoms with van der Waals surface area (Å²) in [4.78, 5) is 0. The zero-order chi connectivity index (χ0) is 9.64. The van der Waals surface area contributed by atoms with Gasteiger partial charge in [-0.15, -0.1) is 0 Å². The van der Waals surface area contributed by atoms with E-state index in [9.17, 15) is 0 Å². The molecule has 2 aliphatic rings. The lowest BCUT2D eigenvalue weighted by atomic mass is 10.1. The summed E-state index contributed by atoms with van der Waals surface area (Å²) in [5.74, 6) is 0. The van der Waals surface area contributed by atoms with Crippen LogP contribution in [-0.4, -0.2) is 39.0 Å². The fourth-order valence-corrected chi connectivity index (χ4v) is 1.90. The van der Waals surface area contributed by atoms with Gasteiger partial charge in [0.05, 0.1) is 19.3 Å². The molecule has 0 aromatic rings. The van der Waals surface area contributed by atoms with Crippen LogP contribution in [0.1, 0.15) is 19.3 Å². The maximum absolute atomic E-state index is 5.64. The number of hydrogen-bond acceptors (Lipinski definition) is 3. The highest BCUT2D eigenvalue weighted by Gasteiger charge is 2.15. The average Bonchev–Trinajstić information content (AvgIpc) is 2.72. The van der Waals surface area contributed by atoms with Crippen LogP contribution in [0.4, 0.5) is 0 Å². The van der Waals surface area contributed by atoms with Crippen molar-refractivity contribution >= 4 is 0 Å². The van der Waals surface area contributed by atoms with Crippen molar-refractivity contribution in [1.82, 2.24) is 5.32 Å². The van der Waals surface area contributed by atoms with Gasteiger partial charge in [0.2, 0.25) is 0 Å². The molecule has 2 aliphatic heterocycles. The Morgan fingerprint density at radius 2 is 2.57 bits per heavy atom. The zero-order valence-corrected chi connectivity index (χ0v) is 8.63. The summed E-state index contributed by atoms with van der Waals surface area (Å²) in [7, 11) is 0. The molecule has 0 aromatic heterocycles. The Kier molecular flexibility index (Phi) is 3.98. The molecule has 2 rings (SSSR count). The lowest BCUT2D eigenvalue weighted by Gasteiger charge is -2.15. The molecule has 1 atom stereocenters. The fourth-order valence-electron chi connectivity index (χ4n) is 1.90. The van der Waals surface area contributed by atoms with Crippen LogP contribution >= 0.6 is 0 Å². The normalized spacial score (nSPS) is 27.7. The molecule has 0 aliphatic carbocycles. The van der Waals surface area contributed by atoms with E-state index in [0.717, 1.165) is 39.3 Å². The summed E-state index contributed by atoms with van der Waals surface area (Å²) < 4.78 is 11.1. The lowest BCUT2D eigenvalue weighted by Crippen LogP contribution is -2.23. The van der Waals surface area contributed by atoms with Gasteiger partial charge in [-0.3, -0.25) is 0 Å². The van der Waals surface area contributed by atoms with E-state index in [4.69, 9.17) is 9.47 Å². The Balaban J connectivity index is 1.59. The largest absolute Gasteiger partial charge is 0.376 e. The summed E-state index contributed by atoms with van der Waals surface area (Å²) in [5, 5.41) is 3.29. The van der Waals surface area contributed by atoms with Crippen LogP contribution in [0.2, 0.25) is 0 Å².